The van der Waals surface area contributed by atoms with Gasteiger partial charge in [0.2, 0.25) is 6.79 Å². The molecule has 0 unspecified atom stereocenters. The van der Waals surface area contributed by atoms with Gasteiger partial charge in [-0.05, 0) is 24.6 Å². The van der Waals surface area contributed by atoms with Gasteiger partial charge in [0, 0.05) is 39.3 Å². The van der Waals surface area contributed by atoms with Crippen molar-refractivity contribution in [3.8, 4) is 11.5 Å². The van der Waals surface area contributed by atoms with Crippen LogP contribution in [0.2, 0.25) is 0 Å². The topological polar surface area (TPSA) is 24.9 Å². The number of benzene rings is 1. The molecule has 2 heterocycles. The van der Waals surface area contributed by atoms with Gasteiger partial charge in [0.25, 0.3) is 0 Å². The molecule has 0 bridgehead atoms. The molecule has 1 fully saturated rings. The van der Waals surface area contributed by atoms with Crippen LogP contribution in [0.1, 0.15) is 12.5 Å². The summed E-state index contributed by atoms with van der Waals surface area (Å²) in [5, 5.41) is 0. The molecular formula is C16H22N2O2. The summed E-state index contributed by atoms with van der Waals surface area (Å²) in [5.74, 6) is 1.75. The number of fused-ring (bicyclic) bond motifs is 1. The van der Waals surface area contributed by atoms with E-state index in [0.29, 0.717) is 6.79 Å². The largest absolute Gasteiger partial charge is 0.454 e. The third kappa shape index (κ3) is 3.14. The summed E-state index contributed by atoms with van der Waals surface area (Å²) < 4.78 is 10.8. The second kappa shape index (κ2) is 6.29. The Hall–Kier alpha value is -1.52. The zero-order valence-corrected chi connectivity index (χ0v) is 12.0. The first kappa shape index (κ1) is 13.5. The van der Waals surface area contributed by atoms with Crippen LogP contribution < -0.4 is 9.47 Å². The van der Waals surface area contributed by atoms with Crippen LogP contribution >= 0.6 is 0 Å². The maximum atomic E-state index is 5.43. The predicted molar refractivity (Wildman–Crippen MR) is 79.1 cm³/mol. The molecule has 0 amide bonds. The molecule has 4 nitrogen and oxygen atoms in total. The molecule has 2 aliphatic rings. The van der Waals surface area contributed by atoms with Crippen molar-refractivity contribution in [3.05, 3.63) is 35.9 Å². The fraction of sp³-hybridized carbons (Fsp3) is 0.500. The van der Waals surface area contributed by atoms with Crippen LogP contribution in [0, 0.1) is 0 Å². The van der Waals surface area contributed by atoms with Gasteiger partial charge in [-0.2, -0.15) is 0 Å². The number of hydrogen-bond donors (Lipinski definition) is 0. The molecule has 0 atom stereocenters. The van der Waals surface area contributed by atoms with Crippen LogP contribution in [0.15, 0.2) is 30.4 Å². The minimum absolute atomic E-state index is 0.350. The number of ether oxygens (including phenoxy) is 2. The lowest BCUT2D eigenvalue weighted by Gasteiger charge is -2.34. The Labute approximate surface area is 120 Å². The summed E-state index contributed by atoms with van der Waals surface area (Å²) in [6, 6.07) is 6.26. The van der Waals surface area contributed by atoms with E-state index in [1.807, 2.05) is 6.07 Å². The van der Waals surface area contributed by atoms with Crippen molar-refractivity contribution in [2.45, 2.75) is 13.5 Å². The van der Waals surface area contributed by atoms with Gasteiger partial charge in [-0.3, -0.25) is 9.80 Å². The first-order valence-corrected chi connectivity index (χ1v) is 7.29. The highest BCUT2D eigenvalue weighted by Gasteiger charge is 2.18. The Morgan fingerprint density at radius 3 is 2.60 bits per heavy atom. The SMILES string of the molecule is C/C=C/CN1CCN(Cc2ccc3c(c2)OCO3)CC1. The normalized spacial score (nSPS) is 19.9. The van der Waals surface area contributed by atoms with Crippen molar-refractivity contribution in [1.29, 1.82) is 0 Å². The summed E-state index contributed by atoms with van der Waals surface area (Å²) in [6.07, 6.45) is 4.35. The van der Waals surface area contributed by atoms with Gasteiger partial charge < -0.3 is 9.47 Å². The van der Waals surface area contributed by atoms with E-state index in [4.69, 9.17) is 9.47 Å². The fourth-order valence-electron chi connectivity index (χ4n) is 2.68. The molecule has 0 spiro atoms. The third-order valence-electron chi connectivity index (χ3n) is 3.91. The van der Waals surface area contributed by atoms with E-state index >= 15 is 0 Å². The molecule has 0 radical (unpaired) electrons. The summed E-state index contributed by atoms with van der Waals surface area (Å²) in [4.78, 5) is 5.00. The molecule has 1 aromatic rings. The quantitative estimate of drug-likeness (QED) is 0.785. The number of allylic oxidation sites excluding steroid dienone is 1. The first-order valence-electron chi connectivity index (χ1n) is 7.29. The molecule has 2 aliphatic heterocycles. The molecule has 1 saturated heterocycles. The third-order valence-corrected chi connectivity index (χ3v) is 3.91. The Bertz CT molecular complexity index is 479. The summed E-state index contributed by atoms with van der Waals surface area (Å²) in [6.45, 7) is 9.06. The predicted octanol–water partition coefficient (Wildman–Crippen LogP) is 2.11. The highest BCUT2D eigenvalue weighted by Crippen LogP contribution is 2.32. The van der Waals surface area contributed by atoms with Crippen LogP contribution in [0.25, 0.3) is 0 Å². The Morgan fingerprint density at radius 1 is 1.05 bits per heavy atom. The van der Waals surface area contributed by atoms with E-state index in [1.165, 1.54) is 5.56 Å². The summed E-state index contributed by atoms with van der Waals surface area (Å²) in [5.41, 5.74) is 1.30. The van der Waals surface area contributed by atoms with Gasteiger partial charge in [-0.25, -0.2) is 0 Å². The van der Waals surface area contributed by atoms with E-state index in [0.717, 1.165) is 50.8 Å². The lowest BCUT2D eigenvalue weighted by atomic mass is 10.1. The highest BCUT2D eigenvalue weighted by atomic mass is 16.7. The van der Waals surface area contributed by atoms with Crippen LogP contribution in [-0.4, -0.2) is 49.3 Å². The zero-order valence-electron chi connectivity index (χ0n) is 12.0. The van der Waals surface area contributed by atoms with E-state index in [9.17, 15) is 0 Å². The molecule has 4 heteroatoms. The van der Waals surface area contributed by atoms with Crippen LogP contribution in [0.5, 0.6) is 11.5 Å². The van der Waals surface area contributed by atoms with Gasteiger partial charge in [0.05, 0.1) is 0 Å². The van der Waals surface area contributed by atoms with Crippen LogP contribution in [0.3, 0.4) is 0 Å². The van der Waals surface area contributed by atoms with E-state index in [2.05, 4.69) is 41.0 Å². The molecular weight excluding hydrogens is 252 g/mol. The molecule has 1 aromatic carbocycles. The van der Waals surface area contributed by atoms with Crippen molar-refractivity contribution in [2.24, 2.45) is 0 Å². The second-order valence-corrected chi connectivity index (χ2v) is 5.33. The minimum Gasteiger partial charge on any atom is -0.454 e. The van der Waals surface area contributed by atoms with Gasteiger partial charge in [-0.15, -0.1) is 0 Å². The first-order chi connectivity index (χ1) is 9.85. The molecule has 3 rings (SSSR count). The smallest absolute Gasteiger partial charge is 0.231 e. The lowest BCUT2D eigenvalue weighted by Crippen LogP contribution is -2.45. The molecule has 108 valence electrons. The number of nitrogens with zero attached hydrogens (tertiary/aromatic N) is 2. The number of hydrogen-bond acceptors (Lipinski definition) is 4. The molecule has 20 heavy (non-hydrogen) atoms. The second-order valence-electron chi connectivity index (χ2n) is 5.33. The highest BCUT2D eigenvalue weighted by molar-refractivity contribution is 5.44. The fourth-order valence-corrected chi connectivity index (χ4v) is 2.68. The molecule has 0 saturated carbocycles. The van der Waals surface area contributed by atoms with Crippen molar-refractivity contribution in [1.82, 2.24) is 9.80 Å². The van der Waals surface area contributed by atoms with Gasteiger partial charge >= 0.3 is 0 Å². The Morgan fingerprint density at radius 2 is 1.80 bits per heavy atom. The molecule has 0 aliphatic carbocycles. The Balaban J connectivity index is 1.52. The number of piperazine rings is 1. The van der Waals surface area contributed by atoms with Crippen molar-refractivity contribution in [2.75, 3.05) is 39.5 Å². The monoisotopic (exact) mass is 274 g/mol. The maximum Gasteiger partial charge on any atom is 0.231 e. The van der Waals surface area contributed by atoms with Gasteiger partial charge in [-0.1, -0.05) is 18.2 Å². The molecule has 0 aromatic heterocycles. The van der Waals surface area contributed by atoms with Gasteiger partial charge in [0.1, 0.15) is 0 Å². The van der Waals surface area contributed by atoms with Gasteiger partial charge in [0.15, 0.2) is 11.5 Å². The minimum atomic E-state index is 0.350. The summed E-state index contributed by atoms with van der Waals surface area (Å²) >= 11 is 0. The molecule has 0 N–H and O–H groups in total. The van der Waals surface area contributed by atoms with Crippen LogP contribution in [-0.2, 0) is 6.54 Å². The maximum absolute atomic E-state index is 5.43. The van der Waals surface area contributed by atoms with Crippen LogP contribution in [0.4, 0.5) is 0 Å². The van der Waals surface area contributed by atoms with Crippen molar-refractivity contribution < 1.29 is 9.47 Å². The van der Waals surface area contributed by atoms with E-state index < -0.39 is 0 Å². The standard InChI is InChI=1S/C16H22N2O2/c1-2-3-6-17-7-9-18(10-8-17)12-14-4-5-15-16(11-14)20-13-19-15/h2-5,11H,6-10,12-13H2,1H3/b3-2+. The average molecular weight is 274 g/mol. The lowest BCUT2D eigenvalue weighted by molar-refractivity contribution is 0.137. The average Bonchev–Trinajstić information content (AvgIpc) is 2.94. The zero-order chi connectivity index (χ0) is 13.8. The van der Waals surface area contributed by atoms with E-state index in [1.54, 1.807) is 0 Å². The summed E-state index contributed by atoms with van der Waals surface area (Å²) in [7, 11) is 0. The van der Waals surface area contributed by atoms with Crippen molar-refractivity contribution in [3.63, 3.8) is 0 Å². The Kier molecular flexibility index (Phi) is 4.23. The van der Waals surface area contributed by atoms with Crippen molar-refractivity contribution >= 4 is 0 Å². The number of rotatable bonds is 4. The van der Waals surface area contributed by atoms with E-state index in [-0.39, 0.29) is 0 Å².